The molecule has 0 aromatic heterocycles. The third-order valence-electron chi connectivity index (χ3n) is 3.08. The quantitative estimate of drug-likeness (QED) is 0.692. The minimum absolute atomic E-state index is 0.0926. The summed E-state index contributed by atoms with van der Waals surface area (Å²) in [6, 6.07) is 7.64. The van der Waals surface area contributed by atoms with Crippen LogP contribution in [0.1, 0.15) is 21.5 Å². The van der Waals surface area contributed by atoms with Crippen LogP contribution in [-0.2, 0) is 4.74 Å². The minimum atomic E-state index is -0.564. The minimum Gasteiger partial charge on any atom is -0.465 e. The second kappa shape index (κ2) is 5.83. The molecule has 0 aliphatic heterocycles. The second-order valence-corrected chi connectivity index (χ2v) is 4.73. The van der Waals surface area contributed by atoms with E-state index in [2.05, 4.69) is 4.74 Å². The number of ether oxygens (including phenoxy) is 2. The largest absolute Gasteiger partial charge is 0.465 e. The van der Waals surface area contributed by atoms with Gasteiger partial charge in [0.2, 0.25) is 0 Å². The molecule has 0 fully saturated rings. The molecule has 2 aromatic rings. The Labute approximate surface area is 122 Å². The summed E-state index contributed by atoms with van der Waals surface area (Å²) in [7, 11) is 1.27. The predicted octanol–water partition coefficient (Wildman–Crippen LogP) is 3.60. The molecule has 0 amide bonds. The highest BCUT2D eigenvalue weighted by Crippen LogP contribution is 2.30. The number of nitrogen functional groups attached to an aromatic ring is 1. The summed E-state index contributed by atoms with van der Waals surface area (Å²) < 4.78 is 23.9. The Balaban J connectivity index is 2.43. The number of hydrogen-bond donors (Lipinski definition) is 1. The molecule has 110 valence electrons. The molecule has 0 radical (unpaired) electrons. The van der Waals surface area contributed by atoms with Crippen LogP contribution in [0.5, 0.6) is 11.5 Å². The molecule has 2 rings (SSSR count). The number of nitrogens with two attached hydrogens (primary N) is 1. The lowest BCUT2D eigenvalue weighted by molar-refractivity contribution is 0.0601. The normalized spacial score (nSPS) is 10.3. The Morgan fingerprint density at radius 2 is 1.90 bits per heavy atom. The van der Waals surface area contributed by atoms with Crippen molar-refractivity contribution >= 4 is 11.7 Å². The third-order valence-corrected chi connectivity index (χ3v) is 3.08. The van der Waals surface area contributed by atoms with E-state index in [1.165, 1.54) is 19.2 Å². The molecule has 0 heterocycles. The van der Waals surface area contributed by atoms with E-state index in [1.807, 2.05) is 6.92 Å². The topological polar surface area (TPSA) is 61.5 Å². The van der Waals surface area contributed by atoms with E-state index >= 15 is 0 Å². The smallest absolute Gasteiger partial charge is 0.340 e. The number of halogens is 1. The highest BCUT2D eigenvalue weighted by atomic mass is 19.1. The first-order valence-electron chi connectivity index (χ1n) is 6.35. The third kappa shape index (κ3) is 3.13. The van der Waals surface area contributed by atoms with Crippen LogP contribution in [0.4, 0.5) is 10.1 Å². The van der Waals surface area contributed by atoms with Crippen molar-refractivity contribution in [3.8, 4) is 11.5 Å². The molecular formula is C16H16FNO3. The number of rotatable bonds is 3. The monoisotopic (exact) mass is 289 g/mol. The van der Waals surface area contributed by atoms with Crippen LogP contribution in [0.3, 0.4) is 0 Å². The van der Waals surface area contributed by atoms with Gasteiger partial charge in [0.1, 0.15) is 5.75 Å². The van der Waals surface area contributed by atoms with Crippen LogP contribution in [-0.4, -0.2) is 13.1 Å². The molecule has 2 N–H and O–H groups in total. The van der Waals surface area contributed by atoms with Crippen molar-refractivity contribution in [2.45, 2.75) is 13.8 Å². The zero-order valence-corrected chi connectivity index (χ0v) is 12.1. The zero-order valence-electron chi connectivity index (χ0n) is 12.1. The summed E-state index contributed by atoms with van der Waals surface area (Å²) in [5, 5.41) is 0. The number of esters is 1. The van der Waals surface area contributed by atoms with E-state index in [0.29, 0.717) is 17.0 Å². The summed E-state index contributed by atoms with van der Waals surface area (Å²) in [6.45, 7) is 3.57. The van der Waals surface area contributed by atoms with E-state index in [9.17, 15) is 9.18 Å². The molecule has 0 spiro atoms. The molecule has 0 aliphatic rings. The molecule has 4 nitrogen and oxygen atoms in total. The van der Waals surface area contributed by atoms with Crippen molar-refractivity contribution in [2.24, 2.45) is 0 Å². The number of anilines is 1. The first-order valence-corrected chi connectivity index (χ1v) is 6.35. The van der Waals surface area contributed by atoms with Crippen molar-refractivity contribution in [1.29, 1.82) is 0 Å². The van der Waals surface area contributed by atoms with Crippen molar-refractivity contribution in [3.63, 3.8) is 0 Å². The van der Waals surface area contributed by atoms with Gasteiger partial charge in [0.25, 0.3) is 0 Å². The summed E-state index contributed by atoms with van der Waals surface area (Å²) >= 11 is 0. The van der Waals surface area contributed by atoms with Crippen molar-refractivity contribution in [2.75, 3.05) is 12.8 Å². The van der Waals surface area contributed by atoms with Crippen molar-refractivity contribution in [1.82, 2.24) is 0 Å². The van der Waals surface area contributed by atoms with Crippen LogP contribution < -0.4 is 10.5 Å². The maximum absolute atomic E-state index is 13.7. The van der Waals surface area contributed by atoms with Gasteiger partial charge in [0, 0.05) is 5.69 Å². The van der Waals surface area contributed by atoms with E-state index in [-0.39, 0.29) is 11.3 Å². The first-order chi connectivity index (χ1) is 9.92. The summed E-state index contributed by atoms with van der Waals surface area (Å²) in [5.74, 6) is -0.623. The lowest BCUT2D eigenvalue weighted by Crippen LogP contribution is -2.07. The Morgan fingerprint density at radius 3 is 2.57 bits per heavy atom. The van der Waals surface area contributed by atoms with E-state index < -0.39 is 11.8 Å². The summed E-state index contributed by atoms with van der Waals surface area (Å²) in [5.41, 5.74) is 7.88. The molecule has 0 aliphatic carbocycles. The fourth-order valence-electron chi connectivity index (χ4n) is 1.92. The Kier molecular flexibility index (Phi) is 4.12. The molecule has 0 saturated heterocycles. The average molecular weight is 289 g/mol. The van der Waals surface area contributed by atoms with E-state index in [4.69, 9.17) is 10.5 Å². The van der Waals surface area contributed by atoms with Crippen LogP contribution in [0, 0.1) is 19.7 Å². The molecule has 2 aromatic carbocycles. The van der Waals surface area contributed by atoms with Gasteiger partial charge in [0.15, 0.2) is 11.6 Å². The Hall–Kier alpha value is -2.56. The number of carbonyl (C=O) groups is 1. The zero-order chi connectivity index (χ0) is 15.6. The Morgan fingerprint density at radius 1 is 1.19 bits per heavy atom. The number of methoxy groups -OCH3 is 1. The van der Waals surface area contributed by atoms with Crippen LogP contribution in [0.15, 0.2) is 30.3 Å². The number of hydrogen-bond acceptors (Lipinski definition) is 4. The second-order valence-electron chi connectivity index (χ2n) is 4.73. The molecule has 0 atom stereocenters. The number of aryl methyl sites for hydroxylation is 2. The molecular weight excluding hydrogens is 273 g/mol. The van der Waals surface area contributed by atoms with Gasteiger partial charge in [-0.3, -0.25) is 0 Å². The van der Waals surface area contributed by atoms with E-state index in [1.54, 1.807) is 25.1 Å². The van der Waals surface area contributed by atoms with Crippen LogP contribution in [0.2, 0.25) is 0 Å². The van der Waals surface area contributed by atoms with Gasteiger partial charge in [-0.2, -0.15) is 0 Å². The van der Waals surface area contributed by atoms with Gasteiger partial charge in [-0.25, -0.2) is 9.18 Å². The fourth-order valence-corrected chi connectivity index (χ4v) is 1.92. The maximum Gasteiger partial charge on any atom is 0.340 e. The van der Waals surface area contributed by atoms with Gasteiger partial charge >= 0.3 is 5.97 Å². The molecule has 0 bridgehead atoms. The lowest BCUT2D eigenvalue weighted by Gasteiger charge is -2.12. The van der Waals surface area contributed by atoms with Gasteiger partial charge in [-0.1, -0.05) is 6.07 Å². The standard InChI is InChI=1S/C16H16FNO3/c1-9-4-5-13(17)14(6-9)21-11-7-10(2)15(18)12(8-11)16(19)20-3/h4-8H,18H2,1-3H3. The molecule has 0 unspecified atom stereocenters. The summed E-state index contributed by atoms with van der Waals surface area (Å²) in [4.78, 5) is 11.7. The van der Waals surface area contributed by atoms with Gasteiger partial charge in [-0.15, -0.1) is 0 Å². The first kappa shape index (κ1) is 14.8. The lowest BCUT2D eigenvalue weighted by atomic mass is 10.1. The predicted molar refractivity (Wildman–Crippen MR) is 78.1 cm³/mol. The average Bonchev–Trinajstić information content (AvgIpc) is 2.45. The molecule has 5 heteroatoms. The van der Waals surface area contributed by atoms with Crippen molar-refractivity contribution in [3.05, 3.63) is 52.8 Å². The van der Waals surface area contributed by atoms with Crippen LogP contribution >= 0.6 is 0 Å². The van der Waals surface area contributed by atoms with Crippen LogP contribution in [0.25, 0.3) is 0 Å². The van der Waals surface area contributed by atoms with Gasteiger partial charge < -0.3 is 15.2 Å². The van der Waals surface area contributed by atoms with Gasteiger partial charge in [-0.05, 0) is 49.2 Å². The highest BCUT2D eigenvalue weighted by Gasteiger charge is 2.15. The SMILES string of the molecule is COC(=O)c1cc(Oc2cc(C)ccc2F)cc(C)c1N. The molecule has 21 heavy (non-hydrogen) atoms. The number of carbonyl (C=O) groups excluding carboxylic acids is 1. The summed E-state index contributed by atoms with van der Waals surface area (Å²) in [6.07, 6.45) is 0. The number of benzene rings is 2. The Bertz CT molecular complexity index is 698. The van der Waals surface area contributed by atoms with Crippen molar-refractivity contribution < 1.29 is 18.7 Å². The maximum atomic E-state index is 13.7. The fraction of sp³-hybridized carbons (Fsp3) is 0.188. The van der Waals surface area contributed by atoms with E-state index in [0.717, 1.165) is 5.56 Å². The molecule has 0 saturated carbocycles. The van der Waals surface area contributed by atoms with Gasteiger partial charge in [0.05, 0.1) is 12.7 Å². The highest BCUT2D eigenvalue weighted by molar-refractivity contribution is 5.96.